The third kappa shape index (κ3) is 3.16. The van der Waals surface area contributed by atoms with E-state index < -0.39 is 11.5 Å². The van der Waals surface area contributed by atoms with E-state index in [0.29, 0.717) is 17.8 Å². The molecule has 0 unspecified atom stereocenters. The Morgan fingerprint density at radius 1 is 1.29 bits per heavy atom. The number of fused-ring (bicyclic) bond motifs is 3. The van der Waals surface area contributed by atoms with Crippen LogP contribution in [0.1, 0.15) is 37.9 Å². The summed E-state index contributed by atoms with van der Waals surface area (Å²) in [7, 11) is 0. The molecule has 1 aromatic carbocycles. The number of hydrogen-bond acceptors (Lipinski definition) is 3. The molecule has 0 radical (unpaired) electrons. The Morgan fingerprint density at radius 3 is 2.79 bits per heavy atom. The molecular formula is C21H26N4O3. The van der Waals surface area contributed by atoms with E-state index in [0.717, 1.165) is 36.9 Å². The van der Waals surface area contributed by atoms with E-state index in [2.05, 4.69) is 24.5 Å². The summed E-state index contributed by atoms with van der Waals surface area (Å²) in [6, 6.07) is 7.51. The van der Waals surface area contributed by atoms with Gasteiger partial charge in [-0.15, -0.1) is 0 Å². The lowest BCUT2D eigenvalue weighted by molar-refractivity contribution is 0.196. The number of para-hydroxylation sites is 1. The maximum absolute atomic E-state index is 12.9. The number of rotatable bonds is 1. The molecule has 1 saturated heterocycles. The fraction of sp³-hybridized carbons (Fsp3) is 0.429. The molecular weight excluding hydrogens is 356 g/mol. The van der Waals surface area contributed by atoms with Crippen LogP contribution in [0.25, 0.3) is 17.0 Å². The molecule has 28 heavy (non-hydrogen) atoms. The number of carboxylic acid groups (broad SMARTS) is 1. The molecule has 4 rings (SSSR count). The Bertz CT molecular complexity index is 954. The summed E-state index contributed by atoms with van der Waals surface area (Å²) in [5, 5.41) is 17.1. The van der Waals surface area contributed by atoms with Gasteiger partial charge in [0.15, 0.2) is 0 Å². The maximum atomic E-state index is 12.9. The van der Waals surface area contributed by atoms with Gasteiger partial charge in [0.05, 0.1) is 11.2 Å². The van der Waals surface area contributed by atoms with Crippen molar-refractivity contribution in [2.45, 2.75) is 38.1 Å². The number of piperidine rings is 1. The molecule has 0 spiro atoms. The highest BCUT2D eigenvalue weighted by Crippen LogP contribution is 2.39. The number of urea groups is 1. The second-order valence-electron chi connectivity index (χ2n) is 8.22. The number of carbonyl (C=O) groups is 2. The number of aromatic nitrogens is 1. The fourth-order valence-corrected chi connectivity index (χ4v) is 4.43. The Labute approximate surface area is 164 Å². The smallest absolute Gasteiger partial charge is 0.416 e. The van der Waals surface area contributed by atoms with Crippen molar-refractivity contribution in [3.63, 3.8) is 0 Å². The first-order valence-electron chi connectivity index (χ1n) is 9.72. The second kappa shape index (κ2) is 6.98. The maximum Gasteiger partial charge on any atom is 0.416 e. The van der Waals surface area contributed by atoms with E-state index >= 15 is 0 Å². The summed E-state index contributed by atoms with van der Waals surface area (Å²) in [5.41, 5.74) is 1.83. The number of carbonyl (C=O) groups excluding carboxylic acids is 1. The van der Waals surface area contributed by atoms with Gasteiger partial charge in [0.25, 0.3) is 0 Å². The van der Waals surface area contributed by atoms with Gasteiger partial charge in [-0.2, -0.15) is 0 Å². The zero-order valence-electron chi connectivity index (χ0n) is 16.2. The summed E-state index contributed by atoms with van der Waals surface area (Å²) in [5.74, 6) is 0. The summed E-state index contributed by atoms with van der Waals surface area (Å²) in [6.07, 6.45) is 4.44. The Kier molecular flexibility index (Phi) is 4.63. The largest absolute Gasteiger partial charge is 0.464 e. The molecule has 3 N–H and O–H groups in total. The van der Waals surface area contributed by atoms with Crippen LogP contribution in [0.3, 0.4) is 0 Å². The van der Waals surface area contributed by atoms with Gasteiger partial charge in [-0.25, -0.2) is 14.2 Å². The molecule has 2 aliphatic rings. The molecule has 3 heterocycles. The third-order valence-corrected chi connectivity index (χ3v) is 5.64. The zero-order chi connectivity index (χ0) is 19.9. The van der Waals surface area contributed by atoms with Crippen molar-refractivity contribution in [1.29, 1.82) is 0 Å². The van der Waals surface area contributed by atoms with Gasteiger partial charge < -0.3 is 20.6 Å². The van der Waals surface area contributed by atoms with E-state index in [1.807, 2.05) is 24.3 Å². The van der Waals surface area contributed by atoms with Crippen molar-refractivity contribution in [2.75, 3.05) is 19.6 Å². The average molecular weight is 382 g/mol. The lowest BCUT2D eigenvalue weighted by Crippen LogP contribution is -2.50. The quantitative estimate of drug-likeness (QED) is 0.707. The van der Waals surface area contributed by atoms with Gasteiger partial charge in [0, 0.05) is 36.1 Å². The van der Waals surface area contributed by atoms with Gasteiger partial charge in [-0.3, -0.25) is 0 Å². The van der Waals surface area contributed by atoms with Crippen LogP contribution < -0.4 is 10.6 Å². The SMILES string of the molecule is CC1(C)CN(C(=O)N[C@H]2CCCNC2)C=Cc2c1c1ccccc1n2C(=O)O. The second-order valence-corrected chi connectivity index (χ2v) is 8.22. The zero-order valence-corrected chi connectivity index (χ0v) is 16.2. The number of benzene rings is 1. The summed E-state index contributed by atoms with van der Waals surface area (Å²) in [4.78, 5) is 26.5. The minimum Gasteiger partial charge on any atom is -0.464 e. The number of amides is 2. The lowest BCUT2D eigenvalue weighted by Gasteiger charge is -2.32. The van der Waals surface area contributed by atoms with Gasteiger partial charge >= 0.3 is 12.1 Å². The van der Waals surface area contributed by atoms with Crippen LogP contribution in [0.4, 0.5) is 9.59 Å². The number of nitrogens with zero attached hydrogens (tertiary/aromatic N) is 2. The van der Waals surface area contributed by atoms with E-state index in [1.165, 1.54) is 4.57 Å². The third-order valence-electron chi connectivity index (χ3n) is 5.64. The first-order chi connectivity index (χ1) is 13.4. The molecule has 1 aromatic heterocycles. The number of nitrogens with one attached hydrogen (secondary N) is 2. The summed E-state index contributed by atoms with van der Waals surface area (Å²) >= 11 is 0. The van der Waals surface area contributed by atoms with Crippen LogP contribution in [0.2, 0.25) is 0 Å². The monoisotopic (exact) mass is 382 g/mol. The first kappa shape index (κ1) is 18.6. The van der Waals surface area contributed by atoms with Crippen LogP contribution in [0.15, 0.2) is 30.5 Å². The molecule has 2 amide bonds. The van der Waals surface area contributed by atoms with Crippen LogP contribution in [0, 0.1) is 0 Å². The Morgan fingerprint density at radius 2 is 2.07 bits per heavy atom. The minimum absolute atomic E-state index is 0.122. The Balaban J connectivity index is 1.72. The van der Waals surface area contributed by atoms with Crippen molar-refractivity contribution in [2.24, 2.45) is 0 Å². The van der Waals surface area contributed by atoms with Crippen LogP contribution in [-0.2, 0) is 5.41 Å². The van der Waals surface area contributed by atoms with Crippen molar-refractivity contribution >= 4 is 29.1 Å². The predicted octanol–water partition coefficient (Wildman–Crippen LogP) is 3.19. The van der Waals surface area contributed by atoms with Crippen molar-refractivity contribution in [3.05, 3.63) is 41.7 Å². The van der Waals surface area contributed by atoms with Gasteiger partial charge in [-0.05, 0) is 37.1 Å². The molecule has 2 aromatic rings. The van der Waals surface area contributed by atoms with Crippen LogP contribution >= 0.6 is 0 Å². The van der Waals surface area contributed by atoms with Gasteiger partial charge in [0.1, 0.15) is 0 Å². The summed E-state index contributed by atoms with van der Waals surface area (Å²) < 4.78 is 1.31. The van der Waals surface area contributed by atoms with Crippen molar-refractivity contribution < 1.29 is 14.7 Å². The molecule has 148 valence electrons. The minimum atomic E-state index is -1.02. The van der Waals surface area contributed by atoms with E-state index in [1.54, 1.807) is 17.2 Å². The van der Waals surface area contributed by atoms with Gasteiger partial charge in [0.2, 0.25) is 0 Å². The first-order valence-corrected chi connectivity index (χ1v) is 9.72. The van der Waals surface area contributed by atoms with Gasteiger partial charge in [-0.1, -0.05) is 32.0 Å². The highest BCUT2D eigenvalue weighted by molar-refractivity contribution is 5.97. The topological polar surface area (TPSA) is 86.6 Å². The normalized spacial score (nSPS) is 21.2. The highest BCUT2D eigenvalue weighted by atomic mass is 16.4. The standard InChI is InChI=1S/C21H26N4O3/c1-21(2)13-24(19(26)23-14-6-5-10-22-12-14)11-9-17-18(21)15-7-3-4-8-16(15)25(17)20(27)28/h3-4,7-9,11,14,22H,5-6,10,12-13H2,1-2H3,(H,23,26)(H,27,28)/t14-/m0/s1. The lowest BCUT2D eigenvalue weighted by atomic mass is 9.82. The van der Waals surface area contributed by atoms with E-state index in [-0.39, 0.29) is 12.1 Å². The molecule has 1 atom stereocenters. The molecule has 0 bridgehead atoms. The number of hydrogen-bond donors (Lipinski definition) is 3. The Hall–Kier alpha value is -2.80. The molecule has 1 fully saturated rings. The molecule has 7 heteroatoms. The van der Waals surface area contributed by atoms with E-state index in [4.69, 9.17) is 0 Å². The molecule has 0 aliphatic carbocycles. The predicted molar refractivity (Wildman–Crippen MR) is 109 cm³/mol. The molecule has 7 nitrogen and oxygen atoms in total. The highest BCUT2D eigenvalue weighted by Gasteiger charge is 2.35. The van der Waals surface area contributed by atoms with Crippen molar-refractivity contribution in [1.82, 2.24) is 20.1 Å². The molecule has 2 aliphatic heterocycles. The average Bonchev–Trinajstić information content (AvgIpc) is 2.93. The van der Waals surface area contributed by atoms with E-state index in [9.17, 15) is 14.7 Å². The van der Waals surface area contributed by atoms with Crippen LogP contribution in [-0.4, -0.2) is 52.4 Å². The van der Waals surface area contributed by atoms with Crippen LogP contribution in [0.5, 0.6) is 0 Å². The fourth-order valence-electron chi connectivity index (χ4n) is 4.43. The van der Waals surface area contributed by atoms with Crippen molar-refractivity contribution in [3.8, 4) is 0 Å². The molecule has 0 saturated carbocycles. The summed E-state index contributed by atoms with van der Waals surface area (Å²) in [6.45, 7) is 6.35.